The highest BCUT2D eigenvalue weighted by molar-refractivity contribution is 7.14. The molecular weight excluding hydrogens is 306 g/mol. The van der Waals surface area contributed by atoms with Crippen LogP contribution in [-0.2, 0) is 19.4 Å². The number of nitrogens with zero attached hydrogens (tertiary/aromatic N) is 1. The minimum absolute atomic E-state index is 0.00231. The van der Waals surface area contributed by atoms with E-state index in [1.54, 1.807) is 11.3 Å². The van der Waals surface area contributed by atoms with E-state index in [4.69, 9.17) is 0 Å². The second-order valence-corrected chi connectivity index (χ2v) is 7.43. The number of para-hydroxylation sites is 2. The number of hydrogen-bond donors (Lipinski definition) is 2. The first-order chi connectivity index (χ1) is 11.2. The number of amides is 1. The van der Waals surface area contributed by atoms with Gasteiger partial charge in [0.2, 0.25) is 0 Å². The predicted octanol–water partition coefficient (Wildman–Crippen LogP) is 3.68. The van der Waals surface area contributed by atoms with E-state index in [2.05, 4.69) is 28.3 Å². The van der Waals surface area contributed by atoms with E-state index in [0.29, 0.717) is 6.54 Å². The van der Waals surface area contributed by atoms with Crippen molar-refractivity contribution in [1.82, 2.24) is 15.3 Å². The number of nitrogens with one attached hydrogen (secondary N) is 2. The van der Waals surface area contributed by atoms with Crippen LogP contribution < -0.4 is 5.32 Å². The van der Waals surface area contributed by atoms with E-state index in [1.807, 2.05) is 24.3 Å². The fourth-order valence-electron chi connectivity index (χ4n) is 3.16. The van der Waals surface area contributed by atoms with Crippen molar-refractivity contribution in [3.63, 3.8) is 0 Å². The molecule has 1 aliphatic carbocycles. The summed E-state index contributed by atoms with van der Waals surface area (Å²) >= 11 is 1.64. The van der Waals surface area contributed by atoms with Crippen LogP contribution in [0.2, 0.25) is 0 Å². The van der Waals surface area contributed by atoms with Crippen LogP contribution in [0.25, 0.3) is 11.0 Å². The molecule has 4 rings (SSSR count). The molecule has 0 radical (unpaired) electrons. The highest BCUT2D eigenvalue weighted by Gasteiger charge is 2.20. The molecule has 1 amide bonds. The second-order valence-electron chi connectivity index (χ2n) is 6.29. The lowest BCUT2D eigenvalue weighted by Gasteiger charge is -2.16. The third-order valence-corrected chi connectivity index (χ3v) is 5.64. The van der Waals surface area contributed by atoms with Crippen LogP contribution in [0.5, 0.6) is 0 Å². The molecule has 0 spiro atoms. The Bertz CT molecular complexity index is 831. The minimum Gasteiger partial charge on any atom is -0.344 e. The lowest BCUT2D eigenvalue weighted by molar-refractivity contribution is 0.0954. The summed E-state index contributed by atoms with van der Waals surface area (Å²) in [5.74, 6) is 1.51. The third kappa shape index (κ3) is 2.88. The number of carbonyl (C=O) groups is 1. The topological polar surface area (TPSA) is 57.8 Å². The average molecular weight is 325 g/mol. The van der Waals surface area contributed by atoms with Gasteiger partial charge in [-0.05, 0) is 48.9 Å². The van der Waals surface area contributed by atoms with Gasteiger partial charge in [-0.15, -0.1) is 11.3 Å². The van der Waals surface area contributed by atoms with Gasteiger partial charge < -0.3 is 10.3 Å². The number of fused-ring (bicyclic) bond motifs is 2. The molecule has 1 aromatic carbocycles. The Morgan fingerprint density at radius 1 is 1.43 bits per heavy atom. The summed E-state index contributed by atoms with van der Waals surface area (Å²) in [6.45, 7) is 2.70. The molecule has 23 heavy (non-hydrogen) atoms. The molecule has 0 saturated heterocycles. The van der Waals surface area contributed by atoms with Crippen LogP contribution in [0.1, 0.15) is 39.3 Å². The van der Waals surface area contributed by atoms with E-state index in [0.717, 1.165) is 40.5 Å². The number of imidazole rings is 1. The molecular formula is C18H19N3OS. The molecule has 2 aromatic heterocycles. The first kappa shape index (κ1) is 14.5. The van der Waals surface area contributed by atoms with Crippen molar-refractivity contribution in [2.75, 3.05) is 0 Å². The van der Waals surface area contributed by atoms with Crippen LogP contribution in [-0.4, -0.2) is 15.9 Å². The summed E-state index contributed by atoms with van der Waals surface area (Å²) in [5, 5.41) is 2.97. The zero-order valence-corrected chi connectivity index (χ0v) is 13.9. The van der Waals surface area contributed by atoms with E-state index < -0.39 is 0 Å². The molecule has 118 valence electrons. The maximum atomic E-state index is 12.4. The summed E-state index contributed by atoms with van der Waals surface area (Å²) in [5.41, 5.74) is 3.29. The lowest BCUT2D eigenvalue weighted by atomic mass is 9.90. The summed E-state index contributed by atoms with van der Waals surface area (Å²) in [7, 11) is 0. The molecule has 2 heterocycles. The van der Waals surface area contributed by atoms with Crippen molar-refractivity contribution in [1.29, 1.82) is 0 Å². The fourth-order valence-corrected chi connectivity index (χ4v) is 4.28. The van der Waals surface area contributed by atoms with E-state index in [9.17, 15) is 4.79 Å². The lowest BCUT2D eigenvalue weighted by Crippen LogP contribution is -2.22. The first-order valence-electron chi connectivity index (χ1n) is 8.02. The number of H-pyrrole nitrogens is 1. The van der Waals surface area contributed by atoms with Crippen LogP contribution in [0, 0.1) is 5.92 Å². The van der Waals surface area contributed by atoms with Crippen molar-refractivity contribution in [2.24, 2.45) is 5.92 Å². The Balaban J connectivity index is 1.45. The number of aromatic amines is 1. The molecule has 4 nitrogen and oxygen atoms in total. The van der Waals surface area contributed by atoms with Crippen molar-refractivity contribution >= 4 is 28.3 Å². The Morgan fingerprint density at radius 2 is 2.30 bits per heavy atom. The molecule has 0 bridgehead atoms. The van der Waals surface area contributed by atoms with Crippen LogP contribution in [0.15, 0.2) is 30.3 Å². The highest BCUT2D eigenvalue weighted by Crippen LogP contribution is 2.32. The van der Waals surface area contributed by atoms with Gasteiger partial charge in [0, 0.05) is 4.88 Å². The van der Waals surface area contributed by atoms with Crippen LogP contribution in [0.4, 0.5) is 0 Å². The standard InChI is InChI=1S/C18H19N3OS/c1-11-6-7-15-12(8-11)9-16(23-15)18(22)19-10-17-20-13-4-2-3-5-14(13)21-17/h2-5,9,11H,6-8,10H2,1H3,(H,19,22)(H,20,21). The molecule has 1 unspecified atom stereocenters. The zero-order valence-electron chi connectivity index (χ0n) is 13.1. The number of aryl methyl sites for hydroxylation is 1. The Kier molecular flexibility index (Phi) is 3.65. The summed E-state index contributed by atoms with van der Waals surface area (Å²) in [6, 6.07) is 9.96. The second kappa shape index (κ2) is 5.81. The number of rotatable bonds is 3. The molecule has 1 aliphatic rings. The highest BCUT2D eigenvalue weighted by atomic mass is 32.1. The third-order valence-electron chi connectivity index (χ3n) is 4.41. The SMILES string of the molecule is CC1CCc2sc(C(=O)NCc3nc4ccccc4[nH]3)cc2C1. The van der Waals surface area contributed by atoms with Gasteiger partial charge in [0.05, 0.1) is 22.5 Å². The van der Waals surface area contributed by atoms with Crippen molar-refractivity contribution < 1.29 is 4.79 Å². The van der Waals surface area contributed by atoms with Gasteiger partial charge in [-0.2, -0.15) is 0 Å². The molecule has 0 fully saturated rings. The maximum absolute atomic E-state index is 12.4. The minimum atomic E-state index is -0.00231. The number of aromatic nitrogens is 2. The monoisotopic (exact) mass is 325 g/mol. The van der Waals surface area contributed by atoms with Gasteiger partial charge in [-0.3, -0.25) is 4.79 Å². The van der Waals surface area contributed by atoms with E-state index in [1.165, 1.54) is 16.9 Å². The maximum Gasteiger partial charge on any atom is 0.261 e. The van der Waals surface area contributed by atoms with Gasteiger partial charge in [0.15, 0.2) is 0 Å². The van der Waals surface area contributed by atoms with E-state index >= 15 is 0 Å². The average Bonchev–Trinajstić information content (AvgIpc) is 3.15. The van der Waals surface area contributed by atoms with Gasteiger partial charge in [0.25, 0.3) is 5.91 Å². The quantitative estimate of drug-likeness (QED) is 0.772. The number of thiophene rings is 1. The Morgan fingerprint density at radius 3 is 3.17 bits per heavy atom. The number of benzene rings is 1. The number of hydrogen-bond acceptors (Lipinski definition) is 3. The smallest absolute Gasteiger partial charge is 0.261 e. The first-order valence-corrected chi connectivity index (χ1v) is 8.84. The summed E-state index contributed by atoms with van der Waals surface area (Å²) < 4.78 is 0. The van der Waals surface area contributed by atoms with Crippen molar-refractivity contribution in [3.8, 4) is 0 Å². The Hall–Kier alpha value is -2.14. The summed E-state index contributed by atoms with van der Waals surface area (Å²) in [4.78, 5) is 22.3. The van der Waals surface area contributed by atoms with Crippen LogP contribution in [0.3, 0.4) is 0 Å². The molecule has 1 atom stereocenters. The van der Waals surface area contributed by atoms with Gasteiger partial charge >= 0.3 is 0 Å². The van der Waals surface area contributed by atoms with Crippen LogP contribution >= 0.6 is 11.3 Å². The molecule has 5 heteroatoms. The van der Waals surface area contributed by atoms with Gasteiger partial charge in [-0.25, -0.2) is 4.98 Å². The van der Waals surface area contributed by atoms with E-state index in [-0.39, 0.29) is 5.91 Å². The van der Waals surface area contributed by atoms with Crippen molar-refractivity contribution in [3.05, 3.63) is 51.5 Å². The number of carbonyl (C=O) groups excluding carboxylic acids is 1. The largest absolute Gasteiger partial charge is 0.344 e. The van der Waals surface area contributed by atoms with Gasteiger partial charge in [-0.1, -0.05) is 19.1 Å². The zero-order chi connectivity index (χ0) is 15.8. The van der Waals surface area contributed by atoms with Crippen molar-refractivity contribution in [2.45, 2.75) is 32.7 Å². The van der Waals surface area contributed by atoms with Gasteiger partial charge in [0.1, 0.15) is 5.82 Å². The predicted molar refractivity (Wildman–Crippen MR) is 92.8 cm³/mol. The molecule has 2 N–H and O–H groups in total. The molecule has 0 saturated carbocycles. The molecule has 3 aromatic rings. The molecule has 0 aliphatic heterocycles. The summed E-state index contributed by atoms with van der Waals surface area (Å²) in [6.07, 6.45) is 3.44. The normalized spacial score (nSPS) is 17.2. The Labute approximate surface area is 138 Å². The fraction of sp³-hybridized carbons (Fsp3) is 0.333.